The zero-order valence-corrected chi connectivity index (χ0v) is 15.1. The lowest BCUT2D eigenvalue weighted by molar-refractivity contribution is -0.117. The highest BCUT2D eigenvalue weighted by Gasteiger charge is 2.37. The Morgan fingerprint density at radius 2 is 1.79 bits per heavy atom. The molecule has 0 aliphatic carbocycles. The third-order valence-electron chi connectivity index (χ3n) is 4.28. The first-order valence-corrected chi connectivity index (χ1v) is 9.67. The maximum Gasteiger partial charge on any atom is 0.326 e. The van der Waals surface area contributed by atoms with Crippen molar-refractivity contribution in [2.45, 2.75) is 0 Å². The number of carbonyl (C=O) groups is 1. The van der Waals surface area contributed by atoms with Gasteiger partial charge in [-0.05, 0) is 23.8 Å². The maximum absolute atomic E-state index is 14.6. The van der Waals surface area contributed by atoms with E-state index in [1.807, 2.05) is 30.3 Å². The third-order valence-corrected chi connectivity index (χ3v) is 5.66. The molecule has 1 aliphatic heterocycles. The van der Waals surface area contributed by atoms with Gasteiger partial charge in [0.2, 0.25) is 0 Å². The zero-order valence-electron chi connectivity index (χ0n) is 14.3. The van der Waals surface area contributed by atoms with Crippen molar-refractivity contribution >= 4 is 21.8 Å². The van der Waals surface area contributed by atoms with Gasteiger partial charge in [0.15, 0.2) is 5.82 Å². The Balaban J connectivity index is 1.70. The van der Waals surface area contributed by atoms with Crippen molar-refractivity contribution in [3.8, 4) is 28.1 Å². The first-order chi connectivity index (χ1) is 13.3. The normalized spacial score (nSPS) is 15.5. The SMILES string of the molecule is O=C1CN(c2c(O)cc(-c3ccc(-c4ccccc4)nc3)cc2F)S(=O)(=O)N1. The van der Waals surface area contributed by atoms with Gasteiger partial charge in [0.05, 0.1) is 5.69 Å². The summed E-state index contributed by atoms with van der Waals surface area (Å²) in [5.41, 5.74) is 1.95. The van der Waals surface area contributed by atoms with Crippen molar-refractivity contribution in [2.75, 3.05) is 10.8 Å². The van der Waals surface area contributed by atoms with Gasteiger partial charge in [-0.15, -0.1) is 0 Å². The largest absolute Gasteiger partial charge is 0.506 e. The van der Waals surface area contributed by atoms with Crippen molar-refractivity contribution in [1.82, 2.24) is 9.71 Å². The van der Waals surface area contributed by atoms with Crippen LogP contribution in [0.25, 0.3) is 22.4 Å². The Morgan fingerprint density at radius 1 is 1.04 bits per heavy atom. The summed E-state index contributed by atoms with van der Waals surface area (Å²) in [7, 11) is -4.23. The highest BCUT2D eigenvalue weighted by Crippen LogP contribution is 2.37. The van der Waals surface area contributed by atoms with Crippen LogP contribution < -0.4 is 9.03 Å². The van der Waals surface area contributed by atoms with Crippen LogP contribution >= 0.6 is 0 Å². The minimum absolute atomic E-state index is 0.321. The minimum atomic E-state index is -4.23. The fourth-order valence-electron chi connectivity index (χ4n) is 2.99. The smallest absolute Gasteiger partial charge is 0.326 e. The maximum atomic E-state index is 14.6. The summed E-state index contributed by atoms with van der Waals surface area (Å²) in [5, 5.41) is 10.2. The molecule has 2 N–H and O–H groups in total. The number of carbonyl (C=O) groups excluding carboxylic acids is 1. The molecule has 0 saturated carbocycles. The molecule has 9 heteroatoms. The number of nitrogens with one attached hydrogen (secondary N) is 1. The van der Waals surface area contributed by atoms with Crippen LogP contribution in [0.15, 0.2) is 60.8 Å². The van der Waals surface area contributed by atoms with E-state index in [1.54, 1.807) is 16.9 Å². The van der Waals surface area contributed by atoms with E-state index in [2.05, 4.69) is 4.98 Å². The van der Waals surface area contributed by atoms with Crippen molar-refractivity contribution < 1.29 is 22.7 Å². The summed E-state index contributed by atoms with van der Waals surface area (Å²) in [4.78, 5) is 15.7. The lowest BCUT2D eigenvalue weighted by atomic mass is 10.0. The first-order valence-electron chi connectivity index (χ1n) is 8.23. The number of hydrogen-bond acceptors (Lipinski definition) is 5. The van der Waals surface area contributed by atoms with Crippen molar-refractivity contribution in [3.63, 3.8) is 0 Å². The molecule has 1 fully saturated rings. The van der Waals surface area contributed by atoms with Gasteiger partial charge in [-0.2, -0.15) is 8.42 Å². The molecule has 2 heterocycles. The molecule has 0 atom stereocenters. The second kappa shape index (κ2) is 6.61. The Labute approximate surface area is 160 Å². The van der Waals surface area contributed by atoms with Gasteiger partial charge in [-0.1, -0.05) is 36.4 Å². The van der Waals surface area contributed by atoms with Crippen molar-refractivity contribution in [2.24, 2.45) is 0 Å². The lowest BCUT2D eigenvalue weighted by Crippen LogP contribution is -2.30. The monoisotopic (exact) mass is 399 g/mol. The van der Waals surface area contributed by atoms with Crippen molar-refractivity contribution in [3.05, 3.63) is 66.6 Å². The lowest BCUT2D eigenvalue weighted by Gasteiger charge is -2.17. The van der Waals surface area contributed by atoms with Crippen LogP contribution in [0.2, 0.25) is 0 Å². The van der Waals surface area contributed by atoms with Gasteiger partial charge >= 0.3 is 10.2 Å². The van der Waals surface area contributed by atoms with Crippen molar-refractivity contribution in [1.29, 1.82) is 0 Å². The van der Waals surface area contributed by atoms with Gasteiger partial charge in [-0.3, -0.25) is 9.78 Å². The van der Waals surface area contributed by atoms with E-state index in [0.29, 0.717) is 15.4 Å². The van der Waals surface area contributed by atoms with Gasteiger partial charge in [0.25, 0.3) is 5.91 Å². The molecule has 7 nitrogen and oxygen atoms in total. The molecule has 1 aliphatic rings. The average molecular weight is 399 g/mol. The predicted molar refractivity (Wildman–Crippen MR) is 101 cm³/mol. The number of pyridine rings is 1. The molecule has 0 radical (unpaired) electrons. The van der Waals surface area contributed by atoms with E-state index in [4.69, 9.17) is 0 Å². The highest BCUT2D eigenvalue weighted by atomic mass is 32.2. The Morgan fingerprint density at radius 3 is 2.36 bits per heavy atom. The summed E-state index contributed by atoms with van der Waals surface area (Å²) >= 11 is 0. The molecule has 0 unspecified atom stereocenters. The Hall–Kier alpha value is -3.46. The topological polar surface area (TPSA) is 99.6 Å². The molecule has 1 aromatic heterocycles. The quantitative estimate of drug-likeness (QED) is 0.705. The molecular formula is C19H14FN3O4S. The molecular weight excluding hydrogens is 385 g/mol. The number of phenolic OH excluding ortho intramolecular Hbond substituents is 1. The van der Waals surface area contributed by atoms with E-state index >= 15 is 0 Å². The van der Waals surface area contributed by atoms with E-state index in [0.717, 1.165) is 17.3 Å². The summed E-state index contributed by atoms with van der Waals surface area (Å²) < 4.78 is 40.7. The van der Waals surface area contributed by atoms with Gasteiger partial charge in [0.1, 0.15) is 18.0 Å². The van der Waals surface area contributed by atoms with Crippen LogP contribution in [0.5, 0.6) is 5.75 Å². The zero-order chi connectivity index (χ0) is 19.9. The molecule has 0 bridgehead atoms. The fraction of sp³-hybridized carbons (Fsp3) is 0.0526. The molecule has 2 aromatic carbocycles. The number of anilines is 1. The van der Waals surface area contributed by atoms with Gasteiger partial charge in [0, 0.05) is 17.3 Å². The molecule has 28 heavy (non-hydrogen) atoms. The second-order valence-electron chi connectivity index (χ2n) is 6.16. The van der Waals surface area contributed by atoms with E-state index in [1.165, 1.54) is 12.3 Å². The number of hydrogen-bond donors (Lipinski definition) is 2. The van der Waals surface area contributed by atoms with Crippen LogP contribution in [0.3, 0.4) is 0 Å². The average Bonchev–Trinajstić information content (AvgIpc) is 2.94. The molecule has 142 valence electrons. The van der Waals surface area contributed by atoms with E-state index < -0.39 is 39.9 Å². The highest BCUT2D eigenvalue weighted by molar-refractivity contribution is 7.92. The van der Waals surface area contributed by atoms with Gasteiger partial charge < -0.3 is 5.11 Å². The molecule has 4 rings (SSSR count). The molecule has 0 spiro atoms. The molecule has 1 saturated heterocycles. The number of phenols is 1. The standard InChI is InChI=1S/C19H14FN3O4S/c20-15-8-14(9-17(24)19(15)23-11-18(25)22-28(23,26)27)13-6-7-16(21-10-13)12-4-2-1-3-5-12/h1-10,24H,11H2,(H,22,25). The second-order valence-corrected chi connectivity index (χ2v) is 7.76. The summed E-state index contributed by atoms with van der Waals surface area (Å²) in [5.74, 6) is -2.37. The number of benzene rings is 2. The molecule has 1 amide bonds. The van der Waals surface area contributed by atoms with E-state index in [9.17, 15) is 22.7 Å². The predicted octanol–water partition coefficient (Wildman–Crippen LogP) is 2.44. The summed E-state index contributed by atoms with van der Waals surface area (Å²) in [6.07, 6.45) is 1.54. The summed E-state index contributed by atoms with van der Waals surface area (Å²) in [6.45, 7) is -0.598. The number of aromatic nitrogens is 1. The number of halogens is 1. The molecule has 3 aromatic rings. The number of aromatic hydroxyl groups is 1. The van der Waals surface area contributed by atoms with Crippen LogP contribution in [0, 0.1) is 5.82 Å². The van der Waals surface area contributed by atoms with Crippen LogP contribution in [0.4, 0.5) is 10.1 Å². The number of amides is 1. The fourth-order valence-corrected chi connectivity index (χ4v) is 4.16. The van der Waals surface area contributed by atoms with Crippen LogP contribution in [0.1, 0.15) is 0 Å². The number of rotatable bonds is 3. The third kappa shape index (κ3) is 3.16. The number of nitrogens with zero attached hydrogens (tertiary/aromatic N) is 2. The van der Waals surface area contributed by atoms with Crippen LogP contribution in [-0.4, -0.2) is 31.0 Å². The minimum Gasteiger partial charge on any atom is -0.506 e. The summed E-state index contributed by atoms with van der Waals surface area (Å²) in [6, 6.07) is 15.3. The first kappa shape index (κ1) is 17.9. The van der Waals surface area contributed by atoms with E-state index in [-0.39, 0.29) is 0 Å². The Kier molecular flexibility index (Phi) is 4.23. The van der Waals surface area contributed by atoms with Gasteiger partial charge in [-0.25, -0.2) is 13.4 Å². The van der Waals surface area contributed by atoms with Crippen LogP contribution in [-0.2, 0) is 15.0 Å². The Bertz CT molecular complexity index is 1140.